The van der Waals surface area contributed by atoms with Gasteiger partial charge in [-0.1, -0.05) is 60.1 Å². The molecule has 2 aliphatic heterocycles. The zero-order valence-corrected chi connectivity index (χ0v) is 20.5. The Morgan fingerprint density at radius 3 is 2.73 bits per heavy atom. The molecule has 0 bridgehead atoms. The van der Waals surface area contributed by atoms with E-state index in [0.717, 1.165) is 27.6 Å². The molecular formula is C29H25N3O5. The van der Waals surface area contributed by atoms with Gasteiger partial charge >= 0.3 is 5.97 Å². The third-order valence-corrected chi connectivity index (χ3v) is 7.25. The van der Waals surface area contributed by atoms with Gasteiger partial charge in [0.2, 0.25) is 0 Å². The summed E-state index contributed by atoms with van der Waals surface area (Å²) in [5.41, 5.74) is 4.17. The zero-order valence-electron chi connectivity index (χ0n) is 20.5. The van der Waals surface area contributed by atoms with Gasteiger partial charge in [0.05, 0.1) is 35.2 Å². The van der Waals surface area contributed by atoms with Crippen LogP contribution >= 0.6 is 0 Å². The lowest BCUT2D eigenvalue weighted by Gasteiger charge is -2.31. The Balaban J connectivity index is 1.45. The first-order valence-electron chi connectivity index (χ1n) is 12.2. The highest BCUT2D eigenvalue weighted by Gasteiger charge is 2.45. The van der Waals surface area contributed by atoms with Gasteiger partial charge in [0.1, 0.15) is 13.2 Å². The number of rotatable bonds is 5. The van der Waals surface area contributed by atoms with E-state index in [1.807, 2.05) is 55.5 Å². The van der Waals surface area contributed by atoms with Crippen LogP contribution in [0.3, 0.4) is 0 Å². The highest BCUT2D eigenvalue weighted by Crippen LogP contribution is 2.39. The number of esters is 1. The Morgan fingerprint density at radius 2 is 1.95 bits per heavy atom. The van der Waals surface area contributed by atoms with Crippen LogP contribution in [0.4, 0.5) is 0 Å². The third-order valence-electron chi connectivity index (χ3n) is 7.25. The summed E-state index contributed by atoms with van der Waals surface area (Å²) in [7, 11) is 0. The van der Waals surface area contributed by atoms with Gasteiger partial charge in [0.25, 0.3) is 5.56 Å². The molecule has 2 aromatic carbocycles. The lowest BCUT2D eigenvalue weighted by atomic mass is 9.86. The van der Waals surface area contributed by atoms with Gasteiger partial charge in [-0.25, -0.2) is 9.78 Å². The largest absolute Gasteiger partial charge is 0.458 e. The molecule has 8 heteroatoms. The molecule has 0 fully saturated rings. The molecule has 1 atom stereocenters. The Kier molecular flexibility index (Phi) is 5.42. The van der Waals surface area contributed by atoms with E-state index >= 15 is 0 Å². The minimum atomic E-state index is -1.87. The molecule has 0 spiro atoms. The third kappa shape index (κ3) is 3.64. The van der Waals surface area contributed by atoms with Gasteiger partial charge in [-0.15, -0.1) is 0 Å². The van der Waals surface area contributed by atoms with Gasteiger partial charge in [-0.05, 0) is 31.0 Å². The molecule has 6 rings (SSSR count). The van der Waals surface area contributed by atoms with Crippen LogP contribution in [0.2, 0.25) is 0 Å². The summed E-state index contributed by atoms with van der Waals surface area (Å²) < 4.78 is 6.79. The summed E-state index contributed by atoms with van der Waals surface area (Å²) >= 11 is 0. The van der Waals surface area contributed by atoms with Gasteiger partial charge in [0, 0.05) is 22.1 Å². The Bertz CT molecular complexity index is 1660. The van der Waals surface area contributed by atoms with E-state index in [4.69, 9.17) is 14.6 Å². The smallest absolute Gasteiger partial charge is 0.343 e. The van der Waals surface area contributed by atoms with Crippen LogP contribution in [0.5, 0.6) is 0 Å². The van der Waals surface area contributed by atoms with Crippen molar-refractivity contribution in [3.05, 3.63) is 98.3 Å². The number of carbonyl (C=O) groups is 1. The summed E-state index contributed by atoms with van der Waals surface area (Å²) in [6, 6.07) is 17.5. The molecule has 0 saturated heterocycles. The standard InChI is InChI=1S/C29H25N3O5/c1-3-29(35)23-12-25-26-21(14-32(25)27(33)22(23)16-36-28(29)34)20(19-6-4-5-7-24(19)31-26)13-30-37-15-18-10-8-17(2)9-11-18/h4-13,35H,3,14-16H2,1-2H3/b30-13+/t29-/m0/s1. The molecule has 4 aromatic rings. The molecule has 8 nitrogen and oxygen atoms in total. The van der Waals surface area contributed by atoms with Crippen LogP contribution in [0.25, 0.3) is 22.3 Å². The summed E-state index contributed by atoms with van der Waals surface area (Å²) in [5, 5.41) is 16.2. The van der Waals surface area contributed by atoms with Crippen LogP contribution in [-0.2, 0) is 39.7 Å². The van der Waals surface area contributed by atoms with E-state index in [-0.39, 0.29) is 25.1 Å². The van der Waals surface area contributed by atoms with Crippen LogP contribution in [0, 0.1) is 6.92 Å². The predicted molar refractivity (Wildman–Crippen MR) is 138 cm³/mol. The van der Waals surface area contributed by atoms with Gasteiger partial charge in [-0.3, -0.25) is 4.79 Å². The second-order valence-corrected chi connectivity index (χ2v) is 9.47. The zero-order chi connectivity index (χ0) is 25.7. The van der Waals surface area contributed by atoms with Crippen LogP contribution < -0.4 is 5.56 Å². The van der Waals surface area contributed by atoms with Crippen molar-refractivity contribution in [1.29, 1.82) is 0 Å². The number of benzene rings is 2. The van der Waals surface area contributed by atoms with Crippen molar-refractivity contribution >= 4 is 23.1 Å². The van der Waals surface area contributed by atoms with Crippen LogP contribution in [0.15, 0.2) is 64.5 Å². The molecule has 1 N–H and O–H groups in total. The number of oxime groups is 1. The number of aromatic nitrogens is 2. The van der Waals surface area contributed by atoms with Gasteiger partial charge in [-0.2, -0.15) is 0 Å². The maximum Gasteiger partial charge on any atom is 0.343 e. The van der Waals surface area contributed by atoms with Crippen molar-refractivity contribution in [1.82, 2.24) is 9.55 Å². The first-order chi connectivity index (χ1) is 17.9. The normalized spacial score (nSPS) is 18.0. The fourth-order valence-electron chi connectivity index (χ4n) is 5.09. The van der Waals surface area contributed by atoms with E-state index in [0.29, 0.717) is 29.1 Å². The van der Waals surface area contributed by atoms with Crippen molar-refractivity contribution < 1.29 is 19.5 Å². The monoisotopic (exact) mass is 495 g/mol. The molecule has 2 aromatic heterocycles. The lowest BCUT2D eigenvalue weighted by Crippen LogP contribution is -2.44. The molecule has 0 radical (unpaired) electrons. The number of ether oxygens (including phenoxy) is 1. The Hall–Kier alpha value is -4.30. The molecule has 4 heterocycles. The number of hydrogen-bond acceptors (Lipinski definition) is 7. The van der Waals surface area contributed by atoms with Crippen molar-refractivity contribution in [2.45, 2.75) is 45.6 Å². The molecular weight excluding hydrogens is 470 g/mol. The summed E-state index contributed by atoms with van der Waals surface area (Å²) in [6.07, 6.45) is 1.76. The fourth-order valence-corrected chi connectivity index (χ4v) is 5.09. The topological polar surface area (TPSA) is 103 Å². The number of nitrogens with zero attached hydrogens (tertiary/aromatic N) is 3. The van der Waals surface area contributed by atoms with Crippen molar-refractivity contribution in [3.63, 3.8) is 0 Å². The van der Waals surface area contributed by atoms with E-state index in [1.54, 1.807) is 23.8 Å². The maximum atomic E-state index is 13.5. The van der Waals surface area contributed by atoms with Crippen molar-refractivity contribution in [2.75, 3.05) is 0 Å². The number of para-hydroxylation sites is 1. The fraction of sp³-hybridized carbons (Fsp3) is 0.241. The molecule has 0 unspecified atom stereocenters. The highest BCUT2D eigenvalue weighted by molar-refractivity contribution is 6.02. The first-order valence-corrected chi connectivity index (χ1v) is 12.2. The summed E-state index contributed by atoms with van der Waals surface area (Å²) in [6.45, 7) is 4.17. The second kappa shape index (κ2) is 8.67. The number of pyridine rings is 2. The van der Waals surface area contributed by atoms with Gasteiger partial charge in [0.15, 0.2) is 5.60 Å². The van der Waals surface area contributed by atoms with E-state index in [2.05, 4.69) is 5.16 Å². The highest BCUT2D eigenvalue weighted by atomic mass is 16.6. The number of aliphatic hydroxyl groups is 1. The predicted octanol–water partition coefficient (Wildman–Crippen LogP) is 3.94. The van der Waals surface area contributed by atoms with E-state index in [9.17, 15) is 14.7 Å². The van der Waals surface area contributed by atoms with E-state index in [1.165, 1.54) is 5.56 Å². The Morgan fingerprint density at radius 1 is 1.16 bits per heavy atom. The summed E-state index contributed by atoms with van der Waals surface area (Å²) in [4.78, 5) is 36.4. The molecule has 0 amide bonds. The SMILES string of the molecule is CC[C@@]1(O)C(=O)OCc2c1cc1n(c2=O)Cc2c-1nc1ccccc1c2/C=N/OCc1ccc(C)cc1. The van der Waals surface area contributed by atoms with Crippen molar-refractivity contribution in [2.24, 2.45) is 5.16 Å². The molecule has 0 saturated carbocycles. The van der Waals surface area contributed by atoms with Crippen LogP contribution in [-0.4, -0.2) is 26.8 Å². The average Bonchev–Trinajstić information content (AvgIpc) is 3.28. The van der Waals surface area contributed by atoms with E-state index < -0.39 is 11.6 Å². The molecule has 37 heavy (non-hydrogen) atoms. The van der Waals surface area contributed by atoms with Crippen LogP contribution in [0.1, 0.15) is 46.7 Å². The molecule has 2 aliphatic rings. The minimum absolute atomic E-state index is 0.0932. The molecule has 0 aliphatic carbocycles. The average molecular weight is 496 g/mol. The quantitative estimate of drug-likeness (QED) is 0.225. The number of carbonyl (C=O) groups excluding carboxylic acids is 1. The number of cyclic esters (lactones) is 1. The van der Waals surface area contributed by atoms with Gasteiger partial charge < -0.3 is 19.2 Å². The first kappa shape index (κ1) is 23.1. The summed E-state index contributed by atoms with van der Waals surface area (Å²) in [5.74, 6) is -0.741. The maximum absolute atomic E-state index is 13.5. The lowest BCUT2D eigenvalue weighted by molar-refractivity contribution is -0.172. The molecule has 186 valence electrons. The Labute approximate surface area is 212 Å². The minimum Gasteiger partial charge on any atom is -0.458 e. The van der Waals surface area contributed by atoms with Crippen molar-refractivity contribution in [3.8, 4) is 11.4 Å². The second-order valence-electron chi connectivity index (χ2n) is 9.47. The number of aryl methyl sites for hydroxylation is 1. The number of fused-ring (bicyclic) bond motifs is 5. The number of hydrogen-bond donors (Lipinski definition) is 1.